The summed E-state index contributed by atoms with van der Waals surface area (Å²) in [4.78, 5) is 45.9. The van der Waals surface area contributed by atoms with Gasteiger partial charge in [-0.25, -0.2) is 23.1 Å². The normalized spacial score (nSPS) is 22.5. The van der Waals surface area contributed by atoms with Crippen molar-refractivity contribution in [3.05, 3.63) is 68.7 Å². The second-order valence-corrected chi connectivity index (χ2v) is 14.4. The van der Waals surface area contributed by atoms with Gasteiger partial charge in [0.05, 0.1) is 11.9 Å². The number of carbonyl (C=O) groups is 3. The predicted octanol–water partition coefficient (Wildman–Crippen LogP) is 3.10. The quantitative estimate of drug-likeness (QED) is 0.404. The van der Waals surface area contributed by atoms with Crippen LogP contribution in [0.4, 0.5) is 16.4 Å². The highest BCUT2D eigenvalue weighted by atomic mass is 79.9. The number of fused-ring (bicyclic) bond motifs is 1. The Morgan fingerprint density at radius 3 is 2.33 bits per heavy atom. The van der Waals surface area contributed by atoms with Crippen LogP contribution in [0.3, 0.4) is 0 Å². The Labute approximate surface area is 266 Å². The molecule has 0 aliphatic carbocycles. The van der Waals surface area contributed by atoms with Gasteiger partial charge in [-0.2, -0.15) is 4.31 Å². The summed E-state index contributed by atoms with van der Waals surface area (Å²) in [5.74, 6) is -0.542. The number of imidazole rings is 1. The van der Waals surface area contributed by atoms with Gasteiger partial charge in [-0.1, -0.05) is 51.3 Å². The lowest BCUT2D eigenvalue weighted by Crippen LogP contribution is -2.55. The first-order chi connectivity index (χ1) is 20.4. The van der Waals surface area contributed by atoms with Crippen LogP contribution in [0.25, 0.3) is 0 Å². The third-order valence-electron chi connectivity index (χ3n) is 7.86. The van der Waals surface area contributed by atoms with Gasteiger partial charge in [-0.05, 0) is 42.8 Å². The Balaban J connectivity index is 1.35. The zero-order valence-corrected chi connectivity index (χ0v) is 26.7. The van der Waals surface area contributed by atoms with E-state index in [9.17, 15) is 22.8 Å². The third-order valence-corrected chi connectivity index (χ3v) is 10.7. The Hall–Kier alpha value is -3.17. The Kier molecular flexibility index (Phi) is 7.70. The summed E-state index contributed by atoms with van der Waals surface area (Å²) < 4.78 is 31.9. The molecule has 3 aliphatic heterocycles. The molecule has 2 aromatic carbocycles. The number of urea groups is 1. The molecule has 6 rings (SSSR count). The molecule has 2 fully saturated rings. The van der Waals surface area contributed by atoms with Crippen molar-refractivity contribution in [2.45, 2.75) is 30.0 Å². The summed E-state index contributed by atoms with van der Waals surface area (Å²) >= 11 is 16.0. The first kappa shape index (κ1) is 29.9. The van der Waals surface area contributed by atoms with Crippen molar-refractivity contribution in [2.24, 2.45) is 0 Å². The maximum Gasteiger partial charge on any atom is 0.315 e. The molecule has 12 nitrogen and oxygen atoms in total. The summed E-state index contributed by atoms with van der Waals surface area (Å²) in [5, 5.41) is 5.60. The Morgan fingerprint density at radius 2 is 1.72 bits per heavy atom. The maximum atomic E-state index is 14.2. The topological polar surface area (TPSA) is 137 Å². The number of amides is 4. The molecule has 0 spiro atoms. The van der Waals surface area contributed by atoms with E-state index in [0.717, 1.165) is 10.0 Å². The standard InChI is InChI=1S/C27H26BrCl2N7O5S/c1-27(13-16-2-4-17(28)5-3-16)24(39)36(20-11-18(29)10-19(30)12-20)26-32-15-22(37(26)27)43(41,42)35-8-6-34(7-9-35)23(38)21-14-31-25(40)33-21/h2-5,10-12,15,21H,6-9,13-14H2,1H3,(H2,31,33,40). The van der Waals surface area contributed by atoms with Gasteiger partial charge in [0.25, 0.3) is 15.9 Å². The van der Waals surface area contributed by atoms with Crippen LogP contribution in [0.15, 0.2) is 58.2 Å². The van der Waals surface area contributed by atoms with Crippen molar-refractivity contribution in [1.29, 1.82) is 0 Å². The molecule has 3 aliphatic rings. The van der Waals surface area contributed by atoms with Gasteiger partial charge < -0.3 is 15.5 Å². The maximum absolute atomic E-state index is 14.2. The number of halogens is 3. The highest BCUT2D eigenvalue weighted by Gasteiger charge is 2.52. The number of nitrogens with one attached hydrogen (secondary N) is 2. The number of hydrogen-bond acceptors (Lipinski definition) is 6. The van der Waals surface area contributed by atoms with E-state index in [2.05, 4.69) is 31.5 Å². The van der Waals surface area contributed by atoms with Crippen LogP contribution in [0.5, 0.6) is 0 Å². The molecule has 16 heteroatoms. The summed E-state index contributed by atoms with van der Waals surface area (Å²) in [6.07, 6.45) is 1.44. The first-order valence-electron chi connectivity index (χ1n) is 13.3. The molecular weight excluding hydrogens is 685 g/mol. The van der Waals surface area contributed by atoms with Gasteiger partial charge in [-0.15, -0.1) is 0 Å². The van der Waals surface area contributed by atoms with E-state index in [4.69, 9.17) is 23.2 Å². The lowest BCUT2D eigenvalue weighted by atomic mass is 9.92. The van der Waals surface area contributed by atoms with Crippen LogP contribution < -0.4 is 15.5 Å². The van der Waals surface area contributed by atoms with E-state index < -0.39 is 33.5 Å². The summed E-state index contributed by atoms with van der Waals surface area (Å²) in [7, 11) is -4.16. The lowest BCUT2D eigenvalue weighted by molar-refractivity contribution is -0.133. The fourth-order valence-corrected chi connectivity index (χ4v) is 8.11. The van der Waals surface area contributed by atoms with Crippen LogP contribution in [0.2, 0.25) is 10.0 Å². The molecule has 0 radical (unpaired) electrons. The van der Waals surface area contributed by atoms with Crippen LogP contribution >= 0.6 is 39.1 Å². The monoisotopic (exact) mass is 709 g/mol. The summed E-state index contributed by atoms with van der Waals surface area (Å²) in [6, 6.07) is 11.0. The number of sulfonamides is 1. The molecule has 0 saturated carbocycles. The smallest absolute Gasteiger partial charge is 0.315 e. The van der Waals surface area contributed by atoms with Gasteiger partial charge in [0.15, 0.2) is 5.03 Å². The highest BCUT2D eigenvalue weighted by Crippen LogP contribution is 2.45. The van der Waals surface area contributed by atoms with Crippen LogP contribution in [-0.4, -0.2) is 83.8 Å². The van der Waals surface area contributed by atoms with E-state index in [-0.39, 0.29) is 56.0 Å². The molecule has 4 heterocycles. The van der Waals surface area contributed by atoms with Crippen molar-refractivity contribution in [3.8, 4) is 0 Å². The fraction of sp³-hybridized carbons (Fsp3) is 0.333. The molecule has 4 amide bonds. The summed E-state index contributed by atoms with van der Waals surface area (Å²) in [6.45, 7) is 2.23. The van der Waals surface area contributed by atoms with Gasteiger partial charge in [0, 0.05) is 53.7 Å². The summed E-state index contributed by atoms with van der Waals surface area (Å²) in [5.41, 5.74) is -0.199. The number of anilines is 2. The molecule has 3 aromatic rings. The molecule has 2 unspecified atom stereocenters. The number of hydrogen-bond donors (Lipinski definition) is 2. The van der Waals surface area contributed by atoms with Gasteiger partial charge in [0.2, 0.25) is 11.9 Å². The number of rotatable bonds is 6. The zero-order chi connectivity index (χ0) is 30.7. The SMILES string of the molecule is CC1(Cc2ccc(Br)cc2)C(=O)N(c2cc(Cl)cc(Cl)c2)c2ncc(S(=O)(=O)N3CCN(C(=O)C4CNC(=O)N4)CC3)n21. The van der Waals surface area contributed by atoms with E-state index in [1.165, 1.54) is 30.9 Å². The third kappa shape index (κ3) is 5.29. The molecule has 0 bridgehead atoms. The van der Waals surface area contributed by atoms with Gasteiger partial charge in [0.1, 0.15) is 11.6 Å². The predicted molar refractivity (Wildman–Crippen MR) is 163 cm³/mol. The average molecular weight is 711 g/mol. The van der Waals surface area contributed by atoms with Crippen molar-refractivity contribution < 1.29 is 22.8 Å². The van der Waals surface area contributed by atoms with Crippen LogP contribution in [0, 0.1) is 0 Å². The minimum atomic E-state index is -4.16. The number of piperazine rings is 1. The zero-order valence-electron chi connectivity index (χ0n) is 22.8. The van der Waals surface area contributed by atoms with Crippen LogP contribution in [-0.2, 0) is 31.6 Å². The lowest BCUT2D eigenvalue weighted by Gasteiger charge is -2.35. The Bertz CT molecular complexity index is 1720. The number of aromatic nitrogens is 2. The van der Waals surface area contributed by atoms with Crippen molar-refractivity contribution in [2.75, 3.05) is 37.6 Å². The van der Waals surface area contributed by atoms with Crippen LogP contribution in [0.1, 0.15) is 12.5 Å². The van der Waals surface area contributed by atoms with Crippen molar-refractivity contribution >= 4 is 78.6 Å². The Morgan fingerprint density at radius 1 is 1.07 bits per heavy atom. The second kappa shape index (κ2) is 11.1. The van der Waals surface area contributed by atoms with Crippen molar-refractivity contribution in [3.63, 3.8) is 0 Å². The minimum Gasteiger partial charge on any atom is -0.338 e. The molecule has 226 valence electrons. The largest absolute Gasteiger partial charge is 0.338 e. The highest BCUT2D eigenvalue weighted by molar-refractivity contribution is 9.10. The van der Waals surface area contributed by atoms with E-state index in [1.807, 2.05) is 24.3 Å². The molecular formula is C27H26BrCl2N7O5S. The van der Waals surface area contributed by atoms with Crippen molar-refractivity contribution in [1.82, 2.24) is 29.4 Å². The number of benzene rings is 2. The molecule has 2 N–H and O–H groups in total. The minimum absolute atomic E-state index is 0.0354. The number of nitrogens with zero attached hydrogens (tertiary/aromatic N) is 5. The molecule has 43 heavy (non-hydrogen) atoms. The molecule has 2 atom stereocenters. The van der Waals surface area contributed by atoms with Gasteiger partial charge in [-0.3, -0.25) is 14.2 Å². The van der Waals surface area contributed by atoms with Gasteiger partial charge >= 0.3 is 6.03 Å². The molecule has 1 aromatic heterocycles. The van der Waals surface area contributed by atoms with E-state index in [1.54, 1.807) is 19.1 Å². The second-order valence-electron chi connectivity index (χ2n) is 10.7. The molecule has 2 saturated heterocycles. The first-order valence-corrected chi connectivity index (χ1v) is 16.3. The van der Waals surface area contributed by atoms with E-state index in [0.29, 0.717) is 15.7 Å². The fourth-order valence-electron chi connectivity index (χ4n) is 5.72. The average Bonchev–Trinajstić information content (AvgIpc) is 3.65. The van der Waals surface area contributed by atoms with E-state index >= 15 is 0 Å². The number of carbonyl (C=O) groups excluding carboxylic acids is 3.